The molecule has 0 N–H and O–H groups in total. The molecule has 0 aliphatic heterocycles. The Bertz CT molecular complexity index is 566. The standard InChI is InChI=1S/C11H10BrN3O2/c1-17-10-4-5-11(16)15(14-10)7-9-3-2-8(12)6-13-9/h2-6H,7H2,1H3. The number of hydrogen-bond donors (Lipinski definition) is 0. The van der Waals surface area contributed by atoms with E-state index >= 15 is 0 Å². The highest BCUT2D eigenvalue weighted by atomic mass is 79.9. The topological polar surface area (TPSA) is 57.0 Å². The average molecular weight is 296 g/mol. The van der Waals surface area contributed by atoms with E-state index in [2.05, 4.69) is 26.0 Å². The summed E-state index contributed by atoms with van der Waals surface area (Å²) in [6.07, 6.45) is 1.68. The maximum Gasteiger partial charge on any atom is 0.267 e. The molecule has 0 saturated heterocycles. The molecule has 0 aliphatic carbocycles. The van der Waals surface area contributed by atoms with Gasteiger partial charge in [-0.15, -0.1) is 5.10 Å². The second kappa shape index (κ2) is 5.09. The third kappa shape index (κ3) is 2.91. The number of halogens is 1. The van der Waals surface area contributed by atoms with E-state index in [1.807, 2.05) is 12.1 Å². The quantitative estimate of drug-likeness (QED) is 0.860. The smallest absolute Gasteiger partial charge is 0.267 e. The molecule has 0 aromatic carbocycles. The Morgan fingerprint density at radius 1 is 1.35 bits per heavy atom. The highest BCUT2D eigenvalue weighted by molar-refractivity contribution is 9.10. The zero-order valence-corrected chi connectivity index (χ0v) is 10.7. The third-order valence-corrected chi connectivity index (χ3v) is 2.62. The van der Waals surface area contributed by atoms with Crippen molar-refractivity contribution >= 4 is 15.9 Å². The molecule has 2 aromatic rings. The molecule has 17 heavy (non-hydrogen) atoms. The summed E-state index contributed by atoms with van der Waals surface area (Å²) < 4.78 is 7.18. The molecule has 0 bridgehead atoms. The molecule has 88 valence electrons. The fraction of sp³-hybridized carbons (Fsp3) is 0.182. The number of nitrogens with zero attached hydrogens (tertiary/aromatic N) is 3. The zero-order chi connectivity index (χ0) is 12.3. The maximum atomic E-state index is 11.6. The number of rotatable bonds is 3. The van der Waals surface area contributed by atoms with E-state index in [9.17, 15) is 4.79 Å². The van der Waals surface area contributed by atoms with E-state index in [1.54, 1.807) is 6.20 Å². The Kier molecular flexibility index (Phi) is 3.53. The van der Waals surface area contributed by atoms with Crippen LogP contribution in [0.1, 0.15) is 5.69 Å². The summed E-state index contributed by atoms with van der Waals surface area (Å²) in [6, 6.07) is 6.66. The van der Waals surface area contributed by atoms with Crippen molar-refractivity contribution in [1.82, 2.24) is 14.8 Å². The number of pyridine rings is 1. The van der Waals surface area contributed by atoms with Crippen LogP contribution in [0.5, 0.6) is 5.88 Å². The van der Waals surface area contributed by atoms with Crippen LogP contribution in [0.2, 0.25) is 0 Å². The first-order valence-electron chi connectivity index (χ1n) is 4.91. The molecule has 5 nitrogen and oxygen atoms in total. The summed E-state index contributed by atoms with van der Waals surface area (Å²) >= 11 is 3.30. The summed E-state index contributed by atoms with van der Waals surface area (Å²) in [4.78, 5) is 15.7. The van der Waals surface area contributed by atoms with Crippen molar-refractivity contribution in [1.29, 1.82) is 0 Å². The van der Waals surface area contributed by atoms with Crippen LogP contribution in [-0.4, -0.2) is 21.9 Å². The number of aromatic nitrogens is 3. The maximum absolute atomic E-state index is 11.6. The predicted molar refractivity (Wildman–Crippen MR) is 66.1 cm³/mol. The van der Waals surface area contributed by atoms with Gasteiger partial charge in [-0.25, -0.2) is 4.68 Å². The normalized spacial score (nSPS) is 10.2. The molecular weight excluding hydrogens is 286 g/mol. The molecule has 0 amide bonds. The third-order valence-electron chi connectivity index (χ3n) is 2.15. The van der Waals surface area contributed by atoms with Crippen molar-refractivity contribution < 1.29 is 4.74 Å². The van der Waals surface area contributed by atoms with Crippen molar-refractivity contribution in [3.63, 3.8) is 0 Å². The summed E-state index contributed by atoms with van der Waals surface area (Å²) in [7, 11) is 1.51. The van der Waals surface area contributed by atoms with Crippen LogP contribution in [0, 0.1) is 0 Å². The second-order valence-electron chi connectivity index (χ2n) is 3.34. The lowest BCUT2D eigenvalue weighted by Crippen LogP contribution is -2.23. The number of methoxy groups -OCH3 is 1. The van der Waals surface area contributed by atoms with Gasteiger partial charge in [0.15, 0.2) is 0 Å². The summed E-state index contributed by atoms with van der Waals surface area (Å²) in [6.45, 7) is 0.323. The Morgan fingerprint density at radius 3 is 2.82 bits per heavy atom. The predicted octanol–water partition coefficient (Wildman–Crippen LogP) is 1.46. The minimum Gasteiger partial charge on any atom is -0.480 e. The van der Waals surface area contributed by atoms with Crippen LogP contribution in [0.4, 0.5) is 0 Å². The average Bonchev–Trinajstić information content (AvgIpc) is 2.35. The van der Waals surface area contributed by atoms with Gasteiger partial charge in [0.2, 0.25) is 5.88 Å². The van der Waals surface area contributed by atoms with Gasteiger partial charge in [-0.05, 0) is 28.1 Å². The molecule has 0 fully saturated rings. The lowest BCUT2D eigenvalue weighted by Gasteiger charge is -2.05. The van der Waals surface area contributed by atoms with Crippen LogP contribution in [0.15, 0.2) is 39.7 Å². The minimum atomic E-state index is -0.185. The van der Waals surface area contributed by atoms with Crippen LogP contribution in [-0.2, 0) is 6.54 Å². The van der Waals surface area contributed by atoms with Gasteiger partial charge < -0.3 is 4.74 Å². The molecule has 2 heterocycles. The van der Waals surface area contributed by atoms with Crippen LogP contribution < -0.4 is 10.3 Å². The Hall–Kier alpha value is -1.69. The van der Waals surface area contributed by atoms with Gasteiger partial charge in [0.05, 0.1) is 19.3 Å². The van der Waals surface area contributed by atoms with Crippen molar-refractivity contribution in [2.75, 3.05) is 7.11 Å². The lowest BCUT2D eigenvalue weighted by molar-refractivity contribution is 0.378. The van der Waals surface area contributed by atoms with Gasteiger partial charge >= 0.3 is 0 Å². The van der Waals surface area contributed by atoms with E-state index in [0.29, 0.717) is 12.4 Å². The number of hydrogen-bond acceptors (Lipinski definition) is 4. The molecular formula is C11H10BrN3O2. The highest BCUT2D eigenvalue weighted by Gasteiger charge is 2.02. The van der Waals surface area contributed by atoms with E-state index < -0.39 is 0 Å². The first-order chi connectivity index (χ1) is 8.19. The highest BCUT2D eigenvalue weighted by Crippen LogP contribution is 2.08. The molecule has 2 rings (SSSR count). The Morgan fingerprint density at radius 2 is 2.18 bits per heavy atom. The first kappa shape index (κ1) is 11.8. The zero-order valence-electron chi connectivity index (χ0n) is 9.13. The van der Waals surface area contributed by atoms with Gasteiger partial charge in [-0.3, -0.25) is 9.78 Å². The van der Waals surface area contributed by atoms with Crippen LogP contribution in [0.25, 0.3) is 0 Å². The molecule has 6 heteroatoms. The van der Waals surface area contributed by atoms with Crippen molar-refractivity contribution in [3.05, 3.63) is 51.0 Å². The van der Waals surface area contributed by atoms with Crippen LogP contribution in [0.3, 0.4) is 0 Å². The van der Waals surface area contributed by atoms with E-state index in [-0.39, 0.29) is 5.56 Å². The molecule has 0 aliphatic rings. The largest absolute Gasteiger partial charge is 0.480 e. The Balaban J connectivity index is 2.29. The summed E-state index contributed by atoms with van der Waals surface area (Å²) in [5.74, 6) is 0.404. The van der Waals surface area contributed by atoms with Gasteiger partial charge in [-0.1, -0.05) is 0 Å². The van der Waals surface area contributed by atoms with Gasteiger partial charge in [0.1, 0.15) is 0 Å². The first-order valence-corrected chi connectivity index (χ1v) is 5.71. The van der Waals surface area contributed by atoms with E-state index in [4.69, 9.17) is 4.74 Å². The monoisotopic (exact) mass is 295 g/mol. The van der Waals surface area contributed by atoms with Gasteiger partial charge in [0.25, 0.3) is 5.56 Å². The lowest BCUT2D eigenvalue weighted by atomic mass is 10.3. The second-order valence-corrected chi connectivity index (χ2v) is 4.26. The minimum absolute atomic E-state index is 0.185. The van der Waals surface area contributed by atoms with Crippen LogP contribution >= 0.6 is 15.9 Å². The van der Waals surface area contributed by atoms with Crippen molar-refractivity contribution in [2.45, 2.75) is 6.54 Å². The molecule has 0 spiro atoms. The molecule has 0 radical (unpaired) electrons. The summed E-state index contributed by atoms with van der Waals surface area (Å²) in [5, 5.41) is 4.04. The fourth-order valence-corrected chi connectivity index (χ4v) is 1.54. The fourth-order valence-electron chi connectivity index (χ4n) is 1.31. The van der Waals surface area contributed by atoms with E-state index in [1.165, 1.54) is 23.9 Å². The van der Waals surface area contributed by atoms with E-state index in [0.717, 1.165) is 10.2 Å². The molecule has 0 unspecified atom stereocenters. The van der Waals surface area contributed by atoms with Crippen molar-refractivity contribution in [3.8, 4) is 5.88 Å². The SMILES string of the molecule is COc1ccc(=O)n(Cc2ccc(Br)cn2)n1. The molecule has 2 aromatic heterocycles. The summed E-state index contributed by atoms with van der Waals surface area (Å²) in [5.41, 5.74) is 0.576. The molecule has 0 atom stereocenters. The van der Waals surface area contributed by atoms with Gasteiger partial charge in [-0.2, -0.15) is 0 Å². The Labute approximate surface area is 106 Å². The number of ether oxygens (including phenoxy) is 1. The molecule has 0 saturated carbocycles. The van der Waals surface area contributed by atoms with Crippen molar-refractivity contribution in [2.24, 2.45) is 0 Å². The van der Waals surface area contributed by atoms with Gasteiger partial charge in [0, 0.05) is 22.8 Å².